The third kappa shape index (κ3) is 6.30. The zero-order chi connectivity index (χ0) is 22.3. The molecule has 0 radical (unpaired) electrons. The van der Waals surface area contributed by atoms with Gasteiger partial charge in [0.15, 0.2) is 0 Å². The Morgan fingerprint density at radius 1 is 0.968 bits per heavy atom. The van der Waals surface area contributed by atoms with E-state index in [4.69, 9.17) is 4.42 Å². The Kier molecular flexibility index (Phi) is 6.86. The minimum atomic E-state index is -4.46. The van der Waals surface area contributed by atoms with Crippen LogP contribution in [0, 0.1) is 0 Å². The maximum Gasteiger partial charge on any atom is 0.416 e. The van der Waals surface area contributed by atoms with E-state index in [1.54, 1.807) is 0 Å². The normalized spacial score (nSPS) is 11.5. The molecule has 0 fully saturated rings. The Morgan fingerprint density at radius 3 is 2.48 bits per heavy atom. The van der Waals surface area contributed by atoms with E-state index in [0.29, 0.717) is 13.0 Å². The van der Waals surface area contributed by atoms with Gasteiger partial charge in [0.25, 0.3) is 0 Å². The van der Waals surface area contributed by atoms with Crippen molar-refractivity contribution in [2.45, 2.75) is 12.6 Å². The van der Waals surface area contributed by atoms with Crippen molar-refractivity contribution in [3.05, 3.63) is 83.6 Å². The third-order valence-corrected chi connectivity index (χ3v) is 4.21. The number of carbonyl (C=O) groups is 2. The molecular formula is C22H18F3N3O3. The molecule has 3 aromatic rings. The van der Waals surface area contributed by atoms with E-state index in [1.165, 1.54) is 24.3 Å². The van der Waals surface area contributed by atoms with Crippen LogP contribution in [-0.2, 0) is 22.2 Å². The number of benzene rings is 2. The summed E-state index contributed by atoms with van der Waals surface area (Å²) < 4.78 is 43.9. The van der Waals surface area contributed by atoms with Crippen LogP contribution in [0.3, 0.4) is 0 Å². The molecule has 0 spiro atoms. The van der Waals surface area contributed by atoms with Crippen molar-refractivity contribution < 1.29 is 27.2 Å². The van der Waals surface area contributed by atoms with Crippen LogP contribution in [0.1, 0.15) is 16.9 Å². The summed E-state index contributed by atoms with van der Waals surface area (Å²) in [6.07, 6.45) is -2.74. The first kappa shape index (κ1) is 21.8. The lowest BCUT2D eigenvalue weighted by Crippen LogP contribution is -2.38. The highest BCUT2D eigenvalue weighted by molar-refractivity contribution is 6.35. The summed E-state index contributed by atoms with van der Waals surface area (Å²) in [6, 6.07) is 17.1. The van der Waals surface area contributed by atoms with Crippen molar-refractivity contribution in [3.63, 3.8) is 0 Å². The van der Waals surface area contributed by atoms with Crippen LogP contribution >= 0.6 is 0 Å². The van der Waals surface area contributed by atoms with Crippen molar-refractivity contribution in [3.8, 4) is 11.3 Å². The smallest absolute Gasteiger partial charge is 0.416 e. The van der Waals surface area contributed by atoms with Crippen molar-refractivity contribution in [1.29, 1.82) is 0 Å². The molecule has 1 aromatic heterocycles. The number of halogens is 3. The highest BCUT2D eigenvalue weighted by Crippen LogP contribution is 2.32. The molecule has 9 heteroatoms. The predicted molar refractivity (Wildman–Crippen MR) is 108 cm³/mol. The van der Waals surface area contributed by atoms with Gasteiger partial charge >= 0.3 is 18.0 Å². The molecule has 2 aromatic carbocycles. The number of rotatable bonds is 6. The Bertz CT molecular complexity index is 1080. The molecule has 3 rings (SSSR count). The fraction of sp³-hybridized carbons (Fsp3) is 0.136. The van der Waals surface area contributed by atoms with Crippen LogP contribution in [-0.4, -0.2) is 24.6 Å². The summed E-state index contributed by atoms with van der Waals surface area (Å²) in [5.74, 6) is -1.39. The molecule has 6 nitrogen and oxygen atoms in total. The standard InChI is InChI=1S/C22H18F3N3O3/c23-22(24,25)17-8-4-7-16(13-17)19-10-9-18(31-19)14-27-28-21(30)20(29)26-12-11-15-5-2-1-3-6-15/h1-10,13-14H,11-12H2,(H,26,29)(H,28,30)/b27-14-. The lowest BCUT2D eigenvalue weighted by Gasteiger charge is -2.07. The number of nitrogens with zero attached hydrogens (tertiary/aromatic N) is 1. The second-order valence-corrected chi connectivity index (χ2v) is 6.47. The zero-order valence-electron chi connectivity index (χ0n) is 16.1. The molecule has 0 saturated heterocycles. The van der Waals surface area contributed by atoms with Gasteiger partial charge < -0.3 is 9.73 Å². The van der Waals surface area contributed by atoms with E-state index in [9.17, 15) is 22.8 Å². The number of amides is 2. The van der Waals surface area contributed by atoms with E-state index >= 15 is 0 Å². The molecule has 0 aliphatic carbocycles. The van der Waals surface area contributed by atoms with E-state index < -0.39 is 23.6 Å². The maximum atomic E-state index is 12.8. The Morgan fingerprint density at radius 2 is 1.74 bits per heavy atom. The van der Waals surface area contributed by atoms with Gasteiger partial charge in [-0.1, -0.05) is 42.5 Å². The predicted octanol–water partition coefficient (Wildman–Crippen LogP) is 3.77. The largest absolute Gasteiger partial charge is 0.455 e. The van der Waals surface area contributed by atoms with Crippen LogP contribution in [0.4, 0.5) is 13.2 Å². The summed E-state index contributed by atoms with van der Waals surface area (Å²) in [7, 11) is 0. The number of hydrazone groups is 1. The lowest BCUT2D eigenvalue weighted by atomic mass is 10.1. The molecule has 0 saturated carbocycles. The first-order valence-electron chi connectivity index (χ1n) is 9.25. The molecule has 0 bridgehead atoms. The minimum Gasteiger partial charge on any atom is -0.455 e. The molecule has 1 heterocycles. The number of carbonyl (C=O) groups excluding carboxylic acids is 2. The molecule has 0 aliphatic heterocycles. The SMILES string of the molecule is O=C(NCCc1ccccc1)C(=O)N/N=C\c1ccc(-c2cccc(C(F)(F)F)c2)o1. The maximum absolute atomic E-state index is 12.8. The number of nitrogens with one attached hydrogen (secondary N) is 2. The van der Waals surface area contributed by atoms with Crippen molar-refractivity contribution in [1.82, 2.24) is 10.7 Å². The van der Waals surface area contributed by atoms with E-state index in [1.807, 2.05) is 30.3 Å². The van der Waals surface area contributed by atoms with Crippen LogP contribution in [0.2, 0.25) is 0 Å². The van der Waals surface area contributed by atoms with E-state index in [-0.39, 0.29) is 17.1 Å². The highest BCUT2D eigenvalue weighted by atomic mass is 19.4. The van der Waals surface area contributed by atoms with Gasteiger partial charge in [0.1, 0.15) is 11.5 Å². The van der Waals surface area contributed by atoms with Gasteiger partial charge in [-0.15, -0.1) is 0 Å². The van der Waals surface area contributed by atoms with Crippen molar-refractivity contribution in [2.24, 2.45) is 5.10 Å². The van der Waals surface area contributed by atoms with Crippen LogP contribution in [0.5, 0.6) is 0 Å². The van der Waals surface area contributed by atoms with E-state index in [0.717, 1.165) is 23.9 Å². The van der Waals surface area contributed by atoms with Gasteiger partial charge in [0, 0.05) is 12.1 Å². The second-order valence-electron chi connectivity index (χ2n) is 6.47. The monoisotopic (exact) mass is 429 g/mol. The van der Waals surface area contributed by atoms with Crippen LogP contribution in [0.15, 0.2) is 76.2 Å². The molecule has 0 atom stereocenters. The summed E-state index contributed by atoms with van der Waals surface area (Å²) >= 11 is 0. The van der Waals surface area contributed by atoms with Gasteiger partial charge in [0.05, 0.1) is 11.8 Å². The fourth-order valence-corrected chi connectivity index (χ4v) is 2.68. The topological polar surface area (TPSA) is 83.7 Å². The second kappa shape index (κ2) is 9.75. The summed E-state index contributed by atoms with van der Waals surface area (Å²) in [6.45, 7) is 0.290. The third-order valence-electron chi connectivity index (χ3n) is 4.21. The number of hydrogen-bond donors (Lipinski definition) is 2. The quantitative estimate of drug-likeness (QED) is 0.355. The average Bonchev–Trinajstić information content (AvgIpc) is 3.23. The van der Waals surface area contributed by atoms with Crippen molar-refractivity contribution in [2.75, 3.05) is 6.54 Å². The van der Waals surface area contributed by atoms with Crippen LogP contribution in [0.25, 0.3) is 11.3 Å². The molecule has 0 unspecified atom stereocenters. The van der Waals surface area contributed by atoms with Gasteiger partial charge in [-0.05, 0) is 36.2 Å². The summed E-state index contributed by atoms with van der Waals surface area (Å²) in [4.78, 5) is 23.5. The molecule has 2 N–H and O–H groups in total. The fourth-order valence-electron chi connectivity index (χ4n) is 2.68. The van der Waals surface area contributed by atoms with Gasteiger partial charge in [-0.3, -0.25) is 9.59 Å². The molecule has 31 heavy (non-hydrogen) atoms. The van der Waals surface area contributed by atoms with Gasteiger partial charge in [-0.2, -0.15) is 18.3 Å². The first-order valence-corrected chi connectivity index (χ1v) is 9.25. The summed E-state index contributed by atoms with van der Waals surface area (Å²) in [5.41, 5.74) is 2.55. The van der Waals surface area contributed by atoms with Gasteiger partial charge in [0.2, 0.25) is 0 Å². The van der Waals surface area contributed by atoms with Crippen molar-refractivity contribution >= 4 is 18.0 Å². The molecule has 0 aliphatic rings. The molecular weight excluding hydrogens is 411 g/mol. The summed E-state index contributed by atoms with van der Waals surface area (Å²) in [5, 5.41) is 6.12. The Hall–Kier alpha value is -3.88. The van der Waals surface area contributed by atoms with Crippen LogP contribution < -0.4 is 10.7 Å². The molecule has 160 valence electrons. The Balaban J connectivity index is 1.50. The highest BCUT2D eigenvalue weighted by Gasteiger charge is 2.30. The first-order chi connectivity index (χ1) is 14.8. The zero-order valence-corrected chi connectivity index (χ0v) is 16.1. The van der Waals surface area contributed by atoms with Gasteiger partial charge in [-0.25, -0.2) is 5.43 Å². The number of furan rings is 1. The number of hydrogen-bond acceptors (Lipinski definition) is 4. The average molecular weight is 429 g/mol. The Labute approximate surface area is 175 Å². The minimum absolute atomic E-state index is 0.192. The molecule has 2 amide bonds. The lowest BCUT2D eigenvalue weighted by molar-refractivity contribution is -0.139. The van der Waals surface area contributed by atoms with E-state index in [2.05, 4.69) is 15.8 Å². The number of alkyl halides is 3.